The minimum atomic E-state index is -0.265. The number of nitrogens with zero attached hydrogens (tertiary/aromatic N) is 4. The number of likely N-dealkylation sites (N-methyl/N-ethyl adjacent to an activating group) is 1. The summed E-state index contributed by atoms with van der Waals surface area (Å²) in [6.45, 7) is 8.94. The van der Waals surface area contributed by atoms with Gasteiger partial charge in [-0.2, -0.15) is 0 Å². The zero-order chi connectivity index (χ0) is 27.9. The van der Waals surface area contributed by atoms with Crippen LogP contribution in [0.5, 0.6) is 0 Å². The van der Waals surface area contributed by atoms with E-state index in [0.29, 0.717) is 17.9 Å². The van der Waals surface area contributed by atoms with Gasteiger partial charge in [-0.05, 0) is 78.3 Å². The third-order valence-electron chi connectivity index (χ3n) is 7.13. The number of anilines is 3. The first-order valence-electron chi connectivity index (χ1n) is 13.6. The second-order valence-corrected chi connectivity index (χ2v) is 9.67. The number of fused-ring (bicyclic) bond motifs is 1. The first kappa shape index (κ1) is 27.0. The predicted octanol–water partition coefficient (Wildman–Crippen LogP) is 6.93. The van der Waals surface area contributed by atoms with Crippen molar-refractivity contribution < 1.29 is 4.39 Å². The van der Waals surface area contributed by atoms with Gasteiger partial charge in [0.15, 0.2) is 0 Å². The highest BCUT2D eigenvalue weighted by molar-refractivity contribution is 5.94. The summed E-state index contributed by atoms with van der Waals surface area (Å²) < 4.78 is 15.8. The Balaban J connectivity index is 1.34. The van der Waals surface area contributed by atoms with E-state index >= 15 is 0 Å². The van der Waals surface area contributed by atoms with Crippen LogP contribution in [0, 0.1) is 11.2 Å². The fourth-order valence-corrected chi connectivity index (χ4v) is 4.78. The Morgan fingerprint density at radius 1 is 0.975 bits per heavy atom. The van der Waals surface area contributed by atoms with Crippen molar-refractivity contribution in [2.45, 2.75) is 26.9 Å². The summed E-state index contributed by atoms with van der Waals surface area (Å²) in [5.41, 5.74) is 6.25. The van der Waals surface area contributed by atoms with Crippen LogP contribution in [0.15, 0.2) is 85.5 Å². The molecule has 40 heavy (non-hydrogen) atoms. The Kier molecular flexibility index (Phi) is 8.47. The van der Waals surface area contributed by atoms with Gasteiger partial charge in [-0.1, -0.05) is 32.0 Å². The van der Waals surface area contributed by atoms with Crippen LogP contribution < -0.4 is 10.6 Å². The molecular formula is C32H34FN7. The van der Waals surface area contributed by atoms with Gasteiger partial charge in [0.25, 0.3) is 0 Å². The third kappa shape index (κ3) is 6.35. The first-order valence-corrected chi connectivity index (χ1v) is 13.6. The lowest BCUT2D eigenvalue weighted by molar-refractivity contribution is 0.291. The summed E-state index contributed by atoms with van der Waals surface area (Å²) in [6.07, 6.45) is 7.18. The number of benzene rings is 3. The van der Waals surface area contributed by atoms with Gasteiger partial charge < -0.3 is 25.5 Å². The molecule has 0 aliphatic heterocycles. The molecule has 0 amide bonds. The van der Waals surface area contributed by atoms with E-state index in [4.69, 9.17) is 5.41 Å². The van der Waals surface area contributed by atoms with Crippen LogP contribution in [-0.2, 0) is 13.1 Å². The van der Waals surface area contributed by atoms with Gasteiger partial charge in [-0.25, -0.2) is 14.4 Å². The van der Waals surface area contributed by atoms with Crippen molar-refractivity contribution in [3.05, 3.63) is 102 Å². The molecule has 0 fully saturated rings. The highest BCUT2D eigenvalue weighted by Gasteiger charge is 2.10. The van der Waals surface area contributed by atoms with Gasteiger partial charge in [-0.3, -0.25) is 0 Å². The molecule has 0 bridgehead atoms. The molecule has 2 aromatic heterocycles. The molecule has 0 saturated heterocycles. The smallest absolute Gasteiger partial charge is 0.141 e. The van der Waals surface area contributed by atoms with Crippen molar-refractivity contribution in [2.24, 2.45) is 0 Å². The van der Waals surface area contributed by atoms with Gasteiger partial charge in [-0.15, -0.1) is 0 Å². The number of rotatable bonds is 12. The van der Waals surface area contributed by atoms with Crippen molar-refractivity contribution in [3.8, 4) is 11.1 Å². The normalized spacial score (nSPS) is 11.2. The summed E-state index contributed by atoms with van der Waals surface area (Å²) in [5, 5.41) is 15.6. The van der Waals surface area contributed by atoms with Crippen molar-refractivity contribution in [1.29, 1.82) is 5.41 Å². The maximum Gasteiger partial charge on any atom is 0.141 e. The number of hydrogen-bond acceptors (Lipinski definition) is 6. The fraction of sp³-hybridized carbons (Fsp3) is 0.219. The molecule has 0 spiro atoms. The molecular weight excluding hydrogens is 501 g/mol. The van der Waals surface area contributed by atoms with Crippen molar-refractivity contribution in [3.63, 3.8) is 0 Å². The second-order valence-electron chi connectivity index (χ2n) is 9.67. The molecule has 0 radical (unpaired) electrons. The molecule has 7 nitrogen and oxygen atoms in total. The highest BCUT2D eigenvalue weighted by Crippen LogP contribution is 2.30. The lowest BCUT2D eigenvalue weighted by atomic mass is 10.1. The maximum absolute atomic E-state index is 13.5. The lowest BCUT2D eigenvalue weighted by Gasteiger charge is -2.17. The molecule has 0 atom stereocenters. The second kappa shape index (κ2) is 12.5. The molecule has 0 aliphatic carbocycles. The Morgan fingerprint density at radius 2 is 1.85 bits per heavy atom. The largest absolute Gasteiger partial charge is 0.380 e. The van der Waals surface area contributed by atoms with Crippen LogP contribution in [-0.4, -0.2) is 45.3 Å². The zero-order valence-electron chi connectivity index (χ0n) is 22.9. The molecule has 2 heterocycles. The molecule has 0 aliphatic rings. The average molecular weight is 536 g/mol. The van der Waals surface area contributed by atoms with Gasteiger partial charge in [0.05, 0.1) is 5.52 Å². The Morgan fingerprint density at radius 3 is 2.65 bits per heavy atom. The number of halogens is 1. The van der Waals surface area contributed by atoms with Gasteiger partial charge >= 0.3 is 0 Å². The van der Waals surface area contributed by atoms with Crippen LogP contribution in [0.25, 0.3) is 22.0 Å². The van der Waals surface area contributed by atoms with Crippen molar-refractivity contribution >= 4 is 34.3 Å². The van der Waals surface area contributed by atoms with E-state index < -0.39 is 0 Å². The first-order chi connectivity index (χ1) is 19.6. The number of hydrogen-bond donors (Lipinski definition) is 3. The molecule has 0 unspecified atom stereocenters. The lowest BCUT2D eigenvalue weighted by Crippen LogP contribution is -2.26. The molecule has 3 aromatic carbocycles. The summed E-state index contributed by atoms with van der Waals surface area (Å²) >= 11 is 0. The van der Waals surface area contributed by atoms with E-state index in [-0.39, 0.29) is 5.82 Å². The monoisotopic (exact) mass is 535 g/mol. The SMILES string of the molecule is CCN(CC)CCn1ccc(-c2ccc3ncnc(Nc4ccc(NCc5cccc(F)c5)c(C=N)c4)c3c2)c1. The number of aromatic nitrogens is 3. The van der Waals surface area contributed by atoms with E-state index in [1.165, 1.54) is 18.3 Å². The van der Waals surface area contributed by atoms with Crippen molar-refractivity contribution in [2.75, 3.05) is 30.3 Å². The molecule has 0 saturated carbocycles. The zero-order valence-corrected chi connectivity index (χ0v) is 22.9. The molecule has 8 heteroatoms. The molecule has 5 rings (SSSR count). The Labute approximate surface area is 234 Å². The van der Waals surface area contributed by atoms with Crippen LogP contribution in [0.2, 0.25) is 0 Å². The average Bonchev–Trinajstić information content (AvgIpc) is 3.46. The van der Waals surface area contributed by atoms with Crippen LogP contribution >= 0.6 is 0 Å². The van der Waals surface area contributed by atoms with E-state index in [9.17, 15) is 4.39 Å². The van der Waals surface area contributed by atoms with Crippen molar-refractivity contribution in [1.82, 2.24) is 19.4 Å². The fourth-order valence-electron chi connectivity index (χ4n) is 4.78. The molecule has 5 aromatic rings. The van der Waals surface area contributed by atoms with Crippen LogP contribution in [0.3, 0.4) is 0 Å². The highest BCUT2D eigenvalue weighted by atomic mass is 19.1. The van der Waals surface area contributed by atoms with Crippen LogP contribution in [0.4, 0.5) is 21.6 Å². The van der Waals surface area contributed by atoms with E-state index in [2.05, 4.69) is 74.5 Å². The summed E-state index contributed by atoms with van der Waals surface area (Å²) in [6, 6.07) is 20.6. The van der Waals surface area contributed by atoms with E-state index in [1.807, 2.05) is 30.3 Å². The van der Waals surface area contributed by atoms with Crippen LogP contribution in [0.1, 0.15) is 25.0 Å². The maximum atomic E-state index is 13.5. The summed E-state index contributed by atoms with van der Waals surface area (Å²) in [5.74, 6) is 0.434. The molecule has 3 N–H and O–H groups in total. The minimum Gasteiger partial charge on any atom is -0.380 e. The summed E-state index contributed by atoms with van der Waals surface area (Å²) in [7, 11) is 0. The Bertz CT molecular complexity index is 1610. The third-order valence-corrected chi connectivity index (χ3v) is 7.13. The van der Waals surface area contributed by atoms with E-state index in [1.54, 1.807) is 12.4 Å². The van der Waals surface area contributed by atoms with Gasteiger partial charge in [0.2, 0.25) is 0 Å². The topological polar surface area (TPSA) is 81.9 Å². The predicted molar refractivity (Wildman–Crippen MR) is 162 cm³/mol. The standard InChI is InChI=1S/C32H34FN7/c1-3-39(4-2)14-15-40-13-12-25(21-40)24-8-10-31-29(18-24)32(37-22-36-31)38-28-9-11-30(26(17-28)19-34)35-20-23-6-5-7-27(33)16-23/h5-13,16-19,21-22,34-35H,3-4,14-15,20H2,1-2H3,(H,36,37,38). The summed E-state index contributed by atoms with van der Waals surface area (Å²) in [4.78, 5) is 11.4. The minimum absolute atomic E-state index is 0.265. The van der Waals surface area contributed by atoms with E-state index in [0.717, 1.165) is 65.1 Å². The molecule has 204 valence electrons. The van der Waals surface area contributed by atoms with Gasteiger partial charge in [0.1, 0.15) is 18.0 Å². The Hall–Kier alpha value is -4.56. The quantitative estimate of drug-likeness (QED) is 0.151. The number of nitrogens with one attached hydrogen (secondary N) is 3. The van der Waals surface area contributed by atoms with Gasteiger partial charge in [0, 0.05) is 60.6 Å².